The Morgan fingerprint density at radius 1 is 1.41 bits per heavy atom. The average molecular weight is 298 g/mol. The highest BCUT2D eigenvalue weighted by Crippen LogP contribution is 2.27. The molecule has 0 bridgehead atoms. The molecule has 2 heterocycles. The molecule has 22 heavy (non-hydrogen) atoms. The molecule has 0 radical (unpaired) electrons. The van der Waals surface area contributed by atoms with E-state index in [1.807, 2.05) is 11.9 Å². The van der Waals surface area contributed by atoms with Crippen LogP contribution in [-0.4, -0.2) is 33.8 Å². The van der Waals surface area contributed by atoms with Crippen LogP contribution in [0.15, 0.2) is 36.7 Å². The number of benzene rings is 1. The molecule has 0 saturated carbocycles. The number of carbonyl (C=O) groups is 1. The summed E-state index contributed by atoms with van der Waals surface area (Å²) in [7, 11) is 1.84. The van der Waals surface area contributed by atoms with Crippen LogP contribution < -0.4 is 5.32 Å². The minimum absolute atomic E-state index is 0.0367. The fourth-order valence-electron chi connectivity index (χ4n) is 3.05. The Kier molecular flexibility index (Phi) is 4.13. The zero-order chi connectivity index (χ0) is 15.5. The monoisotopic (exact) mass is 298 g/mol. The predicted molar refractivity (Wildman–Crippen MR) is 87.0 cm³/mol. The van der Waals surface area contributed by atoms with Crippen LogP contribution in [0.2, 0.25) is 0 Å². The minimum atomic E-state index is -0.0367. The van der Waals surface area contributed by atoms with E-state index in [1.165, 1.54) is 11.1 Å². The number of urea groups is 1. The average Bonchev–Trinajstić information content (AvgIpc) is 2.92. The Morgan fingerprint density at radius 3 is 3.00 bits per heavy atom. The number of aromatic nitrogens is 2. The lowest BCUT2D eigenvalue weighted by molar-refractivity contribution is 0.193. The second kappa shape index (κ2) is 6.22. The highest BCUT2D eigenvalue weighted by Gasteiger charge is 2.25. The van der Waals surface area contributed by atoms with Crippen LogP contribution in [-0.2, 0) is 7.05 Å². The standard InChI is InChI=1S/C17H22N4O/c1-13-5-3-6-14(9-13)15-7-4-8-21(11-15)17(22)19-16-10-18-20(2)12-16/h3,5-6,9-10,12,15H,4,7-8,11H2,1-2H3,(H,19,22)/t15-/m1/s1. The van der Waals surface area contributed by atoms with Gasteiger partial charge in [-0.1, -0.05) is 29.8 Å². The summed E-state index contributed by atoms with van der Waals surface area (Å²) >= 11 is 0. The molecule has 5 nitrogen and oxygen atoms in total. The normalized spacial score (nSPS) is 18.3. The predicted octanol–water partition coefficient (Wildman–Crippen LogP) is 3.14. The summed E-state index contributed by atoms with van der Waals surface area (Å²) in [5, 5.41) is 6.99. The molecule has 0 unspecified atom stereocenters. The summed E-state index contributed by atoms with van der Waals surface area (Å²) < 4.78 is 1.68. The summed E-state index contributed by atoms with van der Waals surface area (Å²) in [6.45, 7) is 3.70. The molecule has 1 saturated heterocycles. The molecule has 0 aliphatic carbocycles. The molecular formula is C17H22N4O. The Labute approximate surface area is 130 Å². The van der Waals surface area contributed by atoms with Gasteiger partial charge >= 0.3 is 6.03 Å². The van der Waals surface area contributed by atoms with Gasteiger partial charge in [0.25, 0.3) is 0 Å². The maximum atomic E-state index is 12.4. The van der Waals surface area contributed by atoms with E-state index in [9.17, 15) is 4.79 Å². The molecule has 2 amide bonds. The molecule has 3 rings (SSSR count). The van der Waals surface area contributed by atoms with Crippen molar-refractivity contribution in [1.82, 2.24) is 14.7 Å². The van der Waals surface area contributed by atoms with Gasteiger partial charge in [-0.2, -0.15) is 5.10 Å². The van der Waals surface area contributed by atoms with Gasteiger partial charge in [-0.05, 0) is 25.3 Å². The molecule has 1 aliphatic rings. The first kappa shape index (κ1) is 14.6. The van der Waals surface area contributed by atoms with E-state index in [4.69, 9.17) is 0 Å². The van der Waals surface area contributed by atoms with E-state index in [0.29, 0.717) is 5.92 Å². The smallest absolute Gasteiger partial charge is 0.321 e. The zero-order valence-corrected chi connectivity index (χ0v) is 13.1. The molecule has 1 aliphatic heterocycles. The minimum Gasteiger partial charge on any atom is -0.324 e. The lowest BCUT2D eigenvalue weighted by Gasteiger charge is -2.33. The number of nitrogens with zero attached hydrogens (tertiary/aromatic N) is 3. The molecule has 0 spiro atoms. The third-order valence-corrected chi connectivity index (χ3v) is 4.18. The summed E-state index contributed by atoms with van der Waals surface area (Å²) in [6, 6.07) is 8.57. The van der Waals surface area contributed by atoms with Crippen LogP contribution >= 0.6 is 0 Å². The molecule has 1 fully saturated rings. The van der Waals surface area contributed by atoms with Gasteiger partial charge < -0.3 is 10.2 Å². The number of likely N-dealkylation sites (tertiary alicyclic amines) is 1. The van der Waals surface area contributed by atoms with Gasteiger partial charge in [-0.3, -0.25) is 4.68 Å². The van der Waals surface area contributed by atoms with Crippen molar-refractivity contribution in [2.24, 2.45) is 7.05 Å². The Hall–Kier alpha value is -2.30. The number of rotatable bonds is 2. The Bertz CT molecular complexity index is 664. The van der Waals surface area contributed by atoms with E-state index < -0.39 is 0 Å². The van der Waals surface area contributed by atoms with Crippen LogP contribution in [0.5, 0.6) is 0 Å². The highest BCUT2D eigenvalue weighted by atomic mass is 16.2. The maximum Gasteiger partial charge on any atom is 0.321 e. The van der Waals surface area contributed by atoms with Gasteiger partial charge in [-0.25, -0.2) is 4.79 Å². The number of nitrogens with one attached hydrogen (secondary N) is 1. The molecular weight excluding hydrogens is 276 g/mol. The number of anilines is 1. The Morgan fingerprint density at radius 2 is 2.27 bits per heavy atom. The van der Waals surface area contributed by atoms with Crippen LogP contribution in [0.3, 0.4) is 0 Å². The molecule has 1 N–H and O–H groups in total. The van der Waals surface area contributed by atoms with Gasteiger partial charge in [0.1, 0.15) is 0 Å². The highest BCUT2D eigenvalue weighted by molar-refractivity contribution is 5.89. The van der Waals surface area contributed by atoms with Crippen LogP contribution in [0.1, 0.15) is 29.9 Å². The fraction of sp³-hybridized carbons (Fsp3) is 0.412. The van der Waals surface area contributed by atoms with Gasteiger partial charge in [0, 0.05) is 32.3 Å². The number of hydrogen-bond donors (Lipinski definition) is 1. The van der Waals surface area contributed by atoms with E-state index in [0.717, 1.165) is 31.6 Å². The third-order valence-electron chi connectivity index (χ3n) is 4.18. The lowest BCUT2D eigenvalue weighted by atomic mass is 9.90. The maximum absolute atomic E-state index is 12.4. The van der Waals surface area contributed by atoms with Crippen molar-refractivity contribution in [2.75, 3.05) is 18.4 Å². The SMILES string of the molecule is Cc1cccc([C@@H]2CCCN(C(=O)Nc3cnn(C)c3)C2)c1. The number of amides is 2. The first-order valence-corrected chi connectivity index (χ1v) is 7.73. The third kappa shape index (κ3) is 3.30. The number of carbonyl (C=O) groups excluding carboxylic acids is 1. The molecule has 5 heteroatoms. The van der Waals surface area contributed by atoms with Crippen molar-refractivity contribution >= 4 is 11.7 Å². The van der Waals surface area contributed by atoms with Crippen molar-refractivity contribution in [3.8, 4) is 0 Å². The van der Waals surface area contributed by atoms with E-state index in [2.05, 4.69) is 41.6 Å². The van der Waals surface area contributed by atoms with E-state index in [1.54, 1.807) is 17.1 Å². The van der Waals surface area contributed by atoms with E-state index >= 15 is 0 Å². The first-order valence-electron chi connectivity index (χ1n) is 7.73. The molecule has 1 atom stereocenters. The van der Waals surface area contributed by atoms with Gasteiger partial charge in [0.15, 0.2) is 0 Å². The van der Waals surface area contributed by atoms with Crippen LogP contribution in [0, 0.1) is 6.92 Å². The molecule has 116 valence electrons. The second-order valence-electron chi connectivity index (χ2n) is 6.03. The summed E-state index contributed by atoms with van der Waals surface area (Å²) in [5.74, 6) is 0.424. The zero-order valence-electron chi connectivity index (χ0n) is 13.1. The molecule has 2 aromatic rings. The van der Waals surface area contributed by atoms with Crippen molar-refractivity contribution in [3.63, 3.8) is 0 Å². The largest absolute Gasteiger partial charge is 0.324 e. The number of hydrogen-bond acceptors (Lipinski definition) is 2. The van der Waals surface area contributed by atoms with Gasteiger partial charge in [-0.15, -0.1) is 0 Å². The van der Waals surface area contributed by atoms with Crippen LogP contribution in [0.25, 0.3) is 0 Å². The topological polar surface area (TPSA) is 50.2 Å². The number of piperidine rings is 1. The van der Waals surface area contributed by atoms with Crippen molar-refractivity contribution in [1.29, 1.82) is 0 Å². The van der Waals surface area contributed by atoms with Gasteiger partial charge in [0.2, 0.25) is 0 Å². The summed E-state index contributed by atoms with van der Waals surface area (Å²) in [5.41, 5.74) is 3.35. The summed E-state index contributed by atoms with van der Waals surface area (Å²) in [6.07, 6.45) is 5.65. The van der Waals surface area contributed by atoms with Crippen LogP contribution in [0.4, 0.5) is 10.5 Å². The second-order valence-corrected chi connectivity index (χ2v) is 6.03. The molecule has 1 aromatic heterocycles. The summed E-state index contributed by atoms with van der Waals surface area (Å²) in [4.78, 5) is 14.3. The van der Waals surface area contributed by atoms with E-state index in [-0.39, 0.29) is 6.03 Å². The number of aryl methyl sites for hydroxylation is 2. The van der Waals surface area contributed by atoms with Crippen molar-refractivity contribution < 1.29 is 4.79 Å². The quantitative estimate of drug-likeness (QED) is 0.926. The van der Waals surface area contributed by atoms with Gasteiger partial charge in [0.05, 0.1) is 11.9 Å². The Balaban J connectivity index is 1.66. The fourth-order valence-corrected chi connectivity index (χ4v) is 3.05. The molecule has 1 aromatic carbocycles. The van der Waals surface area contributed by atoms with Crippen molar-refractivity contribution in [2.45, 2.75) is 25.7 Å². The first-order chi connectivity index (χ1) is 10.6. The van der Waals surface area contributed by atoms with Crippen molar-refractivity contribution in [3.05, 3.63) is 47.8 Å². The lowest BCUT2D eigenvalue weighted by Crippen LogP contribution is -2.41.